The molecule has 0 saturated carbocycles. The second-order valence-corrected chi connectivity index (χ2v) is 7.84. The largest absolute Gasteiger partial charge is 0.451 e. The van der Waals surface area contributed by atoms with Crippen LogP contribution in [-0.4, -0.2) is 35.8 Å². The quantitative estimate of drug-likeness (QED) is 0.546. The highest BCUT2D eigenvalue weighted by Crippen LogP contribution is 2.15. The monoisotopic (exact) mass is 439 g/mol. The van der Waals surface area contributed by atoms with Crippen LogP contribution in [0, 0.1) is 12.8 Å². The van der Waals surface area contributed by atoms with Gasteiger partial charge in [0.15, 0.2) is 6.10 Å². The van der Waals surface area contributed by atoms with E-state index in [2.05, 4.69) is 16.0 Å². The van der Waals surface area contributed by atoms with Crippen molar-refractivity contribution in [3.8, 4) is 0 Å². The molecule has 8 heteroatoms. The normalized spacial score (nSPS) is 12.4. The minimum atomic E-state index is -1.07. The van der Waals surface area contributed by atoms with Crippen molar-refractivity contribution in [2.24, 2.45) is 5.92 Å². The molecule has 0 aliphatic carbocycles. The van der Waals surface area contributed by atoms with Crippen LogP contribution in [0.1, 0.15) is 43.6 Å². The van der Waals surface area contributed by atoms with Gasteiger partial charge in [0.25, 0.3) is 11.8 Å². The number of aryl methyl sites for hydroxylation is 1. The standard InChI is InChI=1S/C24H29N3O5/c1-14(2)21(27-23(30)20-9-7-6-8-15(20)3)24(31)32-16(4)22(29)26-19-12-10-18(11-13-19)25-17(5)28/h6-14,16,21H,1-5H3,(H,25,28)(H,26,29)(H,27,30). The topological polar surface area (TPSA) is 114 Å². The molecule has 0 fully saturated rings. The number of anilines is 2. The number of nitrogens with one attached hydrogen (secondary N) is 3. The molecule has 0 aliphatic heterocycles. The average molecular weight is 440 g/mol. The molecule has 170 valence electrons. The lowest BCUT2D eigenvalue weighted by molar-refractivity contribution is -0.156. The molecule has 3 amide bonds. The van der Waals surface area contributed by atoms with Gasteiger partial charge in [0.2, 0.25) is 5.91 Å². The third-order valence-corrected chi connectivity index (χ3v) is 4.73. The van der Waals surface area contributed by atoms with Crippen LogP contribution in [0.3, 0.4) is 0 Å². The second-order valence-electron chi connectivity index (χ2n) is 7.84. The zero-order valence-electron chi connectivity index (χ0n) is 18.9. The fourth-order valence-corrected chi connectivity index (χ4v) is 2.93. The zero-order chi connectivity index (χ0) is 23.8. The Hall–Kier alpha value is -3.68. The van der Waals surface area contributed by atoms with Gasteiger partial charge in [0, 0.05) is 23.9 Å². The summed E-state index contributed by atoms with van der Waals surface area (Å²) in [5.74, 6) is -2.03. The number of amides is 3. The molecule has 32 heavy (non-hydrogen) atoms. The molecule has 3 N–H and O–H groups in total. The lowest BCUT2D eigenvalue weighted by Crippen LogP contribution is -2.47. The molecule has 2 rings (SSSR count). The van der Waals surface area contributed by atoms with E-state index in [1.807, 2.05) is 19.1 Å². The van der Waals surface area contributed by atoms with Crippen LogP contribution < -0.4 is 16.0 Å². The summed E-state index contributed by atoms with van der Waals surface area (Å²) in [6.45, 7) is 8.24. The van der Waals surface area contributed by atoms with Crippen molar-refractivity contribution in [2.45, 2.75) is 46.8 Å². The van der Waals surface area contributed by atoms with Crippen molar-refractivity contribution in [3.63, 3.8) is 0 Å². The molecule has 0 bridgehead atoms. The van der Waals surface area contributed by atoms with Crippen LogP contribution in [0.4, 0.5) is 11.4 Å². The molecule has 0 aliphatic rings. The van der Waals surface area contributed by atoms with E-state index in [-0.39, 0.29) is 17.7 Å². The van der Waals surface area contributed by atoms with E-state index in [1.54, 1.807) is 50.2 Å². The first kappa shape index (κ1) is 24.6. The number of carbonyl (C=O) groups is 4. The van der Waals surface area contributed by atoms with Gasteiger partial charge >= 0.3 is 5.97 Å². The SMILES string of the molecule is CC(=O)Nc1ccc(NC(=O)C(C)OC(=O)C(NC(=O)c2ccccc2C)C(C)C)cc1. The first-order valence-corrected chi connectivity index (χ1v) is 10.3. The van der Waals surface area contributed by atoms with E-state index in [0.717, 1.165) is 5.56 Å². The number of esters is 1. The summed E-state index contributed by atoms with van der Waals surface area (Å²) in [4.78, 5) is 48.8. The molecule has 0 radical (unpaired) electrons. The first-order valence-electron chi connectivity index (χ1n) is 10.3. The minimum Gasteiger partial charge on any atom is -0.451 e. The third-order valence-electron chi connectivity index (χ3n) is 4.73. The van der Waals surface area contributed by atoms with Crippen molar-refractivity contribution in [3.05, 3.63) is 59.7 Å². The van der Waals surface area contributed by atoms with Gasteiger partial charge in [0.1, 0.15) is 6.04 Å². The molecule has 2 unspecified atom stereocenters. The van der Waals surface area contributed by atoms with Crippen molar-refractivity contribution in [1.82, 2.24) is 5.32 Å². The Morgan fingerprint density at radius 3 is 1.94 bits per heavy atom. The van der Waals surface area contributed by atoms with Gasteiger partial charge in [-0.2, -0.15) is 0 Å². The maximum atomic E-state index is 12.7. The first-order chi connectivity index (χ1) is 15.1. The van der Waals surface area contributed by atoms with E-state index in [9.17, 15) is 19.2 Å². The molecule has 0 heterocycles. The highest BCUT2D eigenvalue weighted by Gasteiger charge is 2.29. The molecular weight excluding hydrogens is 410 g/mol. The predicted octanol–water partition coefficient (Wildman–Crippen LogP) is 3.28. The Morgan fingerprint density at radius 2 is 1.41 bits per heavy atom. The maximum absolute atomic E-state index is 12.7. The summed E-state index contributed by atoms with van der Waals surface area (Å²) in [6, 6.07) is 12.7. The Bertz CT molecular complexity index is 985. The summed E-state index contributed by atoms with van der Waals surface area (Å²) in [7, 11) is 0. The summed E-state index contributed by atoms with van der Waals surface area (Å²) in [5, 5.41) is 8.00. The van der Waals surface area contributed by atoms with E-state index in [1.165, 1.54) is 13.8 Å². The number of benzene rings is 2. The molecule has 2 aromatic rings. The lowest BCUT2D eigenvalue weighted by Gasteiger charge is -2.23. The number of hydrogen-bond acceptors (Lipinski definition) is 5. The highest BCUT2D eigenvalue weighted by molar-refractivity contribution is 5.99. The van der Waals surface area contributed by atoms with Gasteiger partial charge in [-0.05, 0) is 55.7 Å². The zero-order valence-corrected chi connectivity index (χ0v) is 18.9. The van der Waals surface area contributed by atoms with Crippen molar-refractivity contribution in [2.75, 3.05) is 10.6 Å². The fourth-order valence-electron chi connectivity index (χ4n) is 2.93. The van der Waals surface area contributed by atoms with E-state index < -0.39 is 24.0 Å². The molecule has 8 nitrogen and oxygen atoms in total. The summed E-state index contributed by atoms with van der Waals surface area (Å²) in [6.07, 6.45) is -1.07. The molecule has 0 saturated heterocycles. The van der Waals surface area contributed by atoms with Gasteiger partial charge in [0.05, 0.1) is 0 Å². The number of ether oxygens (including phenoxy) is 1. The molecule has 0 aromatic heterocycles. The number of rotatable bonds is 8. The molecule has 0 spiro atoms. The van der Waals surface area contributed by atoms with Crippen molar-refractivity contribution < 1.29 is 23.9 Å². The number of carbonyl (C=O) groups excluding carboxylic acids is 4. The summed E-state index contributed by atoms with van der Waals surface area (Å²) in [5.41, 5.74) is 2.34. The van der Waals surface area contributed by atoms with Crippen LogP contribution in [0.15, 0.2) is 48.5 Å². The van der Waals surface area contributed by atoms with Gasteiger partial charge in [-0.25, -0.2) is 4.79 Å². The molecule has 2 atom stereocenters. The fraction of sp³-hybridized carbons (Fsp3) is 0.333. The maximum Gasteiger partial charge on any atom is 0.329 e. The van der Waals surface area contributed by atoms with Crippen LogP contribution >= 0.6 is 0 Å². The van der Waals surface area contributed by atoms with E-state index in [4.69, 9.17) is 4.74 Å². The lowest BCUT2D eigenvalue weighted by atomic mass is 10.0. The van der Waals surface area contributed by atoms with Gasteiger partial charge in [-0.1, -0.05) is 32.0 Å². The van der Waals surface area contributed by atoms with Gasteiger partial charge in [-0.15, -0.1) is 0 Å². The Labute approximate surface area is 187 Å². The van der Waals surface area contributed by atoms with E-state index in [0.29, 0.717) is 16.9 Å². The molecule has 2 aromatic carbocycles. The van der Waals surface area contributed by atoms with Gasteiger partial charge in [-0.3, -0.25) is 14.4 Å². The third kappa shape index (κ3) is 6.94. The number of hydrogen-bond donors (Lipinski definition) is 3. The average Bonchev–Trinajstić information content (AvgIpc) is 2.72. The van der Waals surface area contributed by atoms with E-state index >= 15 is 0 Å². The Kier molecular flexibility index (Phi) is 8.52. The van der Waals surface area contributed by atoms with Crippen LogP contribution in [-0.2, 0) is 19.1 Å². The highest BCUT2D eigenvalue weighted by atomic mass is 16.5. The van der Waals surface area contributed by atoms with Crippen LogP contribution in [0.2, 0.25) is 0 Å². The van der Waals surface area contributed by atoms with Gasteiger partial charge < -0.3 is 20.7 Å². The van der Waals surface area contributed by atoms with Crippen LogP contribution in [0.5, 0.6) is 0 Å². The minimum absolute atomic E-state index is 0.198. The van der Waals surface area contributed by atoms with Crippen molar-refractivity contribution >= 4 is 35.1 Å². The summed E-state index contributed by atoms with van der Waals surface area (Å²) >= 11 is 0. The van der Waals surface area contributed by atoms with Crippen molar-refractivity contribution in [1.29, 1.82) is 0 Å². The van der Waals surface area contributed by atoms with Crippen LogP contribution in [0.25, 0.3) is 0 Å². The molecular formula is C24H29N3O5. The summed E-state index contributed by atoms with van der Waals surface area (Å²) < 4.78 is 5.33. The smallest absolute Gasteiger partial charge is 0.329 e. The Balaban J connectivity index is 1.98. The predicted molar refractivity (Wildman–Crippen MR) is 122 cm³/mol. The Morgan fingerprint density at radius 1 is 0.844 bits per heavy atom. The second kappa shape index (κ2) is 11.1.